The number of sulfone groups is 1. The zero-order valence-electron chi connectivity index (χ0n) is 23.2. The van der Waals surface area contributed by atoms with Crippen LogP contribution < -0.4 is 14.8 Å². The number of esters is 1. The number of ether oxygens (including phenoxy) is 3. The van der Waals surface area contributed by atoms with E-state index in [1.54, 1.807) is 6.92 Å². The van der Waals surface area contributed by atoms with Gasteiger partial charge in [-0.05, 0) is 77.8 Å². The maximum absolute atomic E-state index is 11.7. The van der Waals surface area contributed by atoms with Crippen molar-refractivity contribution in [3.8, 4) is 22.6 Å². The first-order valence-corrected chi connectivity index (χ1v) is 15.8. The van der Waals surface area contributed by atoms with Crippen molar-refractivity contribution in [2.45, 2.75) is 51.5 Å². The third-order valence-corrected chi connectivity index (χ3v) is 9.56. The van der Waals surface area contributed by atoms with Crippen LogP contribution in [0.1, 0.15) is 54.4 Å². The Hall–Kier alpha value is -3.52. The van der Waals surface area contributed by atoms with Crippen LogP contribution in [0.25, 0.3) is 11.1 Å². The third-order valence-electron chi connectivity index (χ3n) is 7.77. The summed E-state index contributed by atoms with van der Waals surface area (Å²) in [6, 6.07) is 19.0. The molecule has 1 N–H and O–H groups in total. The van der Waals surface area contributed by atoms with Crippen LogP contribution in [-0.4, -0.2) is 46.2 Å². The predicted molar refractivity (Wildman–Crippen MR) is 157 cm³/mol. The van der Waals surface area contributed by atoms with Crippen LogP contribution in [-0.2, 0) is 38.8 Å². The van der Waals surface area contributed by atoms with Gasteiger partial charge in [0.1, 0.15) is 21.3 Å². The summed E-state index contributed by atoms with van der Waals surface area (Å²) in [5, 5.41) is 3.52. The molecule has 0 bridgehead atoms. The van der Waals surface area contributed by atoms with Gasteiger partial charge in [0.25, 0.3) is 0 Å². The number of nitrogens with one attached hydrogen (secondary N) is 1. The molecule has 5 rings (SSSR count). The summed E-state index contributed by atoms with van der Waals surface area (Å²) in [6.45, 7) is 3.24. The van der Waals surface area contributed by atoms with Gasteiger partial charge in [-0.3, -0.25) is 4.79 Å². The molecule has 0 fully saturated rings. The molecule has 0 saturated heterocycles. The second kappa shape index (κ2) is 12.3. The van der Waals surface area contributed by atoms with E-state index in [-0.39, 0.29) is 23.4 Å². The molecule has 1 aliphatic heterocycles. The average Bonchev–Trinajstić information content (AvgIpc) is 3.26. The maximum atomic E-state index is 11.7. The quantitative estimate of drug-likeness (QED) is 0.237. The fraction of sp³-hybridized carbons (Fsp3) is 0.406. The minimum atomic E-state index is -2.97. The summed E-state index contributed by atoms with van der Waals surface area (Å²) in [7, 11) is -1.56. The number of anilines is 1. The number of carbonyl (C=O) groups is 1. The first kappa shape index (κ1) is 28.0. The van der Waals surface area contributed by atoms with Gasteiger partial charge in [0.2, 0.25) is 0 Å². The molecular formula is C32H37NO6S. The number of hydrogen-bond acceptors (Lipinski definition) is 7. The van der Waals surface area contributed by atoms with E-state index in [9.17, 15) is 13.2 Å². The van der Waals surface area contributed by atoms with Crippen LogP contribution >= 0.6 is 0 Å². The summed E-state index contributed by atoms with van der Waals surface area (Å²) in [4.78, 5) is 11.7. The molecule has 3 aromatic rings. The highest BCUT2D eigenvalue weighted by Gasteiger charge is 2.27. The lowest BCUT2D eigenvalue weighted by Gasteiger charge is -2.15. The Balaban J connectivity index is 1.25. The lowest BCUT2D eigenvalue weighted by molar-refractivity contribution is -0.141. The van der Waals surface area contributed by atoms with Gasteiger partial charge in [-0.15, -0.1) is 0 Å². The highest BCUT2D eigenvalue weighted by molar-refractivity contribution is 7.91. The Morgan fingerprint density at radius 2 is 1.88 bits per heavy atom. The molecule has 0 spiro atoms. The second-order valence-corrected chi connectivity index (χ2v) is 13.0. The van der Waals surface area contributed by atoms with Gasteiger partial charge in [0.15, 0.2) is 0 Å². The molecule has 1 atom stereocenters. The van der Waals surface area contributed by atoms with Crippen molar-refractivity contribution in [3.63, 3.8) is 0 Å². The summed E-state index contributed by atoms with van der Waals surface area (Å²) < 4.78 is 40.0. The van der Waals surface area contributed by atoms with Crippen molar-refractivity contribution >= 4 is 21.5 Å². The Kier molecular flexibility index (Phi) is 8.64. The van der Waals surface area contributed by atoms with E-state index >= 15 is 0 Å². The van der Waals surface area contributed by atoms with Crippen molar-refractivity contribution in [2.75, 3.05) is 37.1 Å². The summed E-state index contributed by atoms with van der Waals surface area (Å²) in [6.07, 6.45) is 3.89. The molecule has 1 heterocycles. The Labute approximate surface area is 236 Å². The van der Waals surface area contributed by atoms with E-state index in [1.165, 1.54) is 34.9 Å². The summed E-state index contributed by atoms with van der Waals surface area (Å²) >= 11 is 0. The van der Waals surface area contributed by atoms with Crippen LogP contribution in [0.4, 0.5) is 5.69 Å². The molecule has 0 amide bonds. The van der Waals surface area contributed by atoms with Crippen LogP contribution in [0, 0.1) is 0 Å². The summed E-state index contributed by atoms with van der Waals surface area (Å²) in [5.74, 6) is 1.75. The van der Waals surface area contributed by atoms with Crippen LogP contribution in [0.2, 0.25) is 0 Å². The van der Waals surface area contributed by atoms with E-state index < -0.39 is 9.84 Å². The molecule has 0 aromatic heterocycles. The smallest absolute Gasteiger partial charge is 0.306 e. The van der Waals surface area contributed by atoms with E-state index in [4.69, 9.17) is 14.2 Å². The molecule has 40 heavy (non-hydrogen) atoms. The average molecular weight is 564 g/mol. The lowest BCUT2D eigenvalue weighted by Crippen LogP contribution is -2.11. The van der Waals surface area contributed by atoms with Gasteiger partial charge in [-0.25, -0.2) is 8.42 Å². The maximum Gasteiger partial charge on any atom is 0.306 e. The van der Waals surface area contributed by atoms with Gasteiger partial charge in [0.05, 0.1) is 32.5 Å². The molecule has 212 valence electrons. The van der Waals surface area contributed by atoms with E-state index in [1.807, 2.05) is 24.3 Å². The van der Waals surface area contributed by atoms with E-state index in [0.29, 0.717) is 32.6 Å². The number of methoxy groups -OCH3 is 1. The highest BCUT2D eigenvalue weighted by atomic mass is 32.2. The Morgan fingerprint density at radius 1 is 1.02 bits per heavy atom. The van der Waals surface area contributed by atoms with Gasteiger partial charge in [0, 0.05) is 35.5 Å². The Bertz CT molecular complexity index is 1480. The van der Waals surface area contributed by atoms with Crippen LogP contribution in [0.5, 0.6) is 11.5 Å². The fourth-order valence-corrected chi connectivity index (χ4v) is 6.30. The number of carbonyl (C=O) groups excluding carboxylic acids is 1. The van der Waals surface area contributed by atoms with Crippen LogP contribution in [0.15, 0.2) is 54.6 Å². The fourth-order valence-electron chi connectivity index (χ4n) is 5.46. The number of fused-ring (bicyclic) bond motifs is 4. The van der Waals surface area contributed by atoms with Crippen molar-refractivity contribution < 1.29 is 27.4 Å². The largest absolute Gasteiger partial charge is 0.494 e. The predicted octanol–water partition coefficient (Wildman–Crippen LogP) is 5.70. The van der Waals surface area contributed by atoms with Crippen molar-refractivity contribution in [2.24, 2.45) is 0 Å². The molecular weight excluding hydrogens is 526 g/mol. The van der Waals surface area contributed by atoms with E-state index in [0.717, 1.165) is 42.0 Å². The zero-order valence-corrected chi connectivity index (χ0v) is 24.0. The van der Waals surface area contributed by atoms with Crippen molar-refractivity contribution in [1.29, 1.82) is 0 Å². The molecule has 0 unspecified atom stereocenters. The lowest BCUT2D eigenvalue weighted by atomic mass is 9.94. The molecule has 2 aliphatic rings. The van der Waals surface area contributed by atoms with E-state index in [2.05, 4.69) is 35.6 Å². The number of hydrogen-bond donors (Lipinski definition) is 1. The molecule has 8 heteroatoms. The second-order valence-electron chi connectivity index (χ2n) is 10.5. The Morgan fingerprint density at radius 3 is 2.70 bits per heavy atom. The van der Waals surface area contributed by atoms with Crippen LogP contribution in [0.3, 0.4) is 0 Å². The monoisotopic (exact) mass is 563 g/mol. The van der Waals surface area contributed by atoms with Gasteiger partial charge >= 0.3 is 5.97 Å². The van der Waals surface area contributed by atoms with Gasteiger partial charge in [-0.2, -0.15) is 0 Å². The molecule has 0 radical (unpaired) electrons. The SMILES string of the molecule is CCS(=O)(=O)CCCOc1ccc2c(c1)CCCc1ccc(CNc3ccc4c(c3)OC[C@H]4CC(=O)OC)cc1-2. The van der Waals surface area contributed by atoms with Gasteiger partial charge < -0.3 is 19.5 Å². The molecule has 1 aliphatic carbocycles. The topological polar surface area (TPSA) is 90.9 Å². The minimum absolute atomic E-state index is 0.0317. The first-order chi connectivity index (χ1) is 19.3. The van der Waals surface area contributed by atoms with Gasteiger partial charge in [-0.1, -0.05) is 31.2 Å². The standard InChI is InChI=1S/C32H37NO6S/c1-3-40(35,36)15-5-14-38-27-11-13-28-24(17-27)7-4-6-23-9-8-22(16-30(23)28)20-33-26-10-12-29-25(18-32(34)37-2)21-39-31(29)19-26/h8-13,16-17,19,25,33H,3-7,14-15,18,20-21H2,1-2H3/t25-/m1/s1. The minimum Gasteiger partial charge on any atom is -0.494 e. The zero-order chi connectivity index (χ0) is 28.1. The number of rotatable bonds is 11. The number of benzene rings is 3. The molecule has 0 saturated carbocycles. The van der Waals surface area contributed by atoms with Crippen molar-refractivity contribution in [3.05, 3.63) is 76.9 Å². The van der Waals surface area contributed by atoms with Crippen molar-refractivity contribution in [1.82, 2.24) is 0 Å². The summed E-state index contributed by atoms with van der Waals surface area (Å²) in [5.41, 5.74) is 8.32. The highest BCUT2D eigenvalue weighted by Crippen LogP contribution is 2.38. The first-order valence-electron chi connectivity index (χ1n) is 14.0. The number of aryl methyl sites for hydroxylation is 2. The molecule has 7 nitrogen and oxygen atoms in total. The third kappa shape index (κ3) is 6.61. The molecule has 3 aromatic carbocycles. The normalized spacial score (nSPS) is 15.7.